The van der Waals surface area contributed by atoms with Crippen LogP contribution in [0.3, 0.4) is 0 Å². The summed E-state index contributed by atoms with van der Waals surface area (Å²) in [5.41, 5.74) is 0.408. The van der Waals surface area contributed by atoms with Crippen LogP contribution in [0.4, 0.5) is 5.69 Å². The number of sulfonamides is 1. The minimum absolute atomic E-state index is 0.0156. The summed E-state index contributed by atoms with van der Waals surface area (Å²) in [6, 6.07) is 4.38. The van der Waals surface area contributed by atoms with Gasteiger partial charge in [0.05, 0.1) is 16.8 Å². The van der Waals surface area contributed by atoms with Gasteiger partial charge in [-0.3, -0.25) is 9.29 Å². The lowest BCUT2D eigenvalue weighted by molar-refractivity contribution is 0.0702. The van der Waals surface area contributed by atoms with Crippen molar-refractivity contribution in [2.45, 2.75) is 4.90 Å². The average Bonchev–Trinajstić information content (AvgIpc) is 2.89. The number of rotatable bonds is 4. The van der Waals surface area contributed by atoms with Crippen molar-refractivity contribution in [3.63, 3.8) is 0 Å². The number of anilines is 1. The molecular weight excluding hydrogens is 288 g/mol. The van der Waals surface area contributed by atoms with Crippen LogP contribution in [0.1, 0.15) is 9.67 Å². The van der Waals surface area contributed by atoms with Crippen molar-refractivity contribution in [2.24, 2.45) is 0 Å². The lowest BCUT2D eigenvalue weighted by Gasteiger charge is -2.17. The highest BCUT2D eigenvalue weighted by molar-refractivity contribution is 7.93. The number of carboxylic acids is 1. The van der Waals surface area contributed by atoms with Crippen molar-refractivity contribution in [1.29, 1.82) is 0 Å². The standard InChI is InChI=1S/C11H10N2O4S2/c1-13(8-3-2-4-12-6-8)19(16,17)9-5-10(11(14)15)18-7-9/h2-7H,1H3,(H,14,15). The Kier molecular flexibility index (Phi) is 3.54. The molecule has 0 bridgehead atoms. The predicted molar refractivity (Wildman–Crippen MR) is 71.1 cm³/mol. The highest BCUT2D eigenvalue weighted by Crippen LogP contribution is 2.25. The molecule has 6 nitrogen and oxygen atoms in total. The van der Waals surface area contributed by atoms with E-state index >= 15 is 0 Å². The van der Waals surface area contributed by atoms with E-state index in [1.807, 2.05) is 0 Å². The summed E-state index contributed by atoms with van der Waals surface area (Å²) < 4.78 is 25.6. The Morgan fingerprint density at radius 3 is 2.74 bits per heavy atom. The van der Waals surface area contributed by atoms with Crippen molar-refractivity contribution in [1.82, 2.24) is 4.98 Å². The van der Waals surface area contributed by atoms with Gasteiger partial charge < -0.3 is 5.11 Å². The molecule has 100 valence electrons. The molecule has 19 heavy (non-hydrogen) atoms. The van der Waals surface area contributed by atoms with E-state index in [2.05, 4.69) is 4.98 Å². The fourth-order valence-electron chi connectivity index (χ4n) is 1.40. The Balaban J connectivity index is 2.39. The van der Waals surface area contributed by atoms with Gasteiger partial charge in [-0.15, -0.1) is 11.3 Å². The summed E-state index contributed by atoms with van der Waals surface area (Å²) in [4.78, 5) is 14.6. The topological polar surface area (TPSA) is 87.6 Å². The largest absolute Gasteiger partial charge is 0.477 e. The van der Waals surface area contributed by atoms with Crippen LogP contribution in [-0.2, 0) is 10.0 Å². The monoisotopic (exact) mass is 298 g/mol. The molecule has 2 heterocycles. The zero-order chi connectivity index (χ0) is 14.0. The molecule has 0 radical (unpaired) electrons. The number of pyridine rings is 1. The summed E-state index contributed by atoms with van der Waals surface area (Å²) in [5, 5.41) is 10.1. The Labute approximate surface area is 114 Å². The van der Waals surface area contributed by atoms with Crippen molar-refractivity contribution in [2.75, 3.05) is 11.4 Å². The lowest BCUT2D eigenvalue weighted by atomic mass is 10.4. The smallest absolute Gasteiger partial charge is 0.345 e. The van der Waals surface area contributed by atoms with Crippen LogP contribution >= 0.6 is 11.3 Å². The van der Waals surface area contributed by atoms with E-state index in [0.29, 0.717) is 5.69 Å². The number of carbonyl (C=O) groups is 1. The van der Waals surface area contributed by atoms with E-state index in [9.17, 15) is 13.2 Å². The van der Waals surface area contributed by atoms with Gasteiger partial charge in [-0.05, 0) is 18.2 Å². The highest BCUT2D eigenvalue weighted by Gasteiger charge is 2.24. The number of carboxylic acid groups (broad SMARTS) is 1. The molecule has 8 heteroatoms. The van der Waals surface area contributed by atoms with Crippen LogP contribution in [0.15, 0.2) is 40.9 Å². The minimum atomic E-state index is -3.76. The van der Waals surface area contributed by atoms with Crippen LogP contribution in [0.5, 0.6) is 0 Å². The SMILES string of the molecule is CN(c1cccnc1)S(=O)(=O)c1csc(C(=O)O)c1. The average molecular weight is 298 g/mol. The second kappa shape index (κ2) is 4.98. The number of aromatic carboxylic acids is 1. The Bertz CT molecular complexity index is 694. The molecule has 2 aromatic heterocycles. The van der Waals surface area contributed by atoms with E-state index in [1.165, 1.54) is 24.8 Å². The molecule has 0 aliphatic heterocycles. The maximum absolute atomic E-state index is 12.3. The van der Waals surface area contributed by atoms with Crippen LogP contribution in [0.2, 0.25) is 0 Å². The molecule has 0 atom stereocenters. The molecule has 2 aromatic rings. The van der Waals surface area contributed by atoms with E-state index in [4.69, 9.17) is 5.11 Å². The van der Waals surface area contributed by atoms with Gasteiger partial charge in [0.15, 0.2) is 0 Å². The van der Waals surface area contributed by atoms with Crippen molar-refractivity contribution < 1.29 is 18.3 Å². The summed E-state index contributed by atoms with van der Waals surface area (Å²) in [7, 11) is -2.37. The molecule has 0 saturated carbocycles. The van der Waals surface area contributed by atoms with E-state index < -0.39 is 16.0 Å². The van der Waals surface area contributed by atoms with Gasteiger partial charge in [0.25, 0.3) is 10.0 Å². The summed E-state index contributed by atoms with van der Waals surface area (Å²) in [5.74, 6) is -1.14. The molecule has 0 aliphatic rings. The van der Waals surface area contributed by atoms with Crippen molar-refractivity contribution in [3.05, 3.63) is 40.8 Å². The third-order valence-corrected chi connectivity index (χ3v) is 5.28. The van der Waals surface area contributed by atoms with E-state index in [0.717, 1.165) is 21.7 Å². The van der Waals surface area contributed by atoms with E-state index in [1.54, 1.807) is 12.1 Å². The molecule has 0 aromatic carbocycles. The highest BCUT2D eigenvalue weighted by atomic mass is 32.2. The van der Waals surface area contributed by atoms with E-state index in [-0.39, 0.29) is 9.77 Å². The Morgan fingerprint density at radius 2 is 2.21 bits per heavy atom. The zero-order valence-electron chi connectivity index (χ0n) is 9.85. The number of aromatic nitrogens is 1. The summed E-state index contributed by atoms with van der Waals surface area (Å²) in [6.45, 7) is 0. The van der Waals surface area contributed by atoms with Crippen LogP contribution in [0.25, 0.3) is 0 Å². The first kappa shape index (κ1) is 13.5. The summed E-state index contributed by atoms with van der Waals surface area (Å²) in [6.07, 6.45) is 2.96. The lowest BCUT2D eigenvalue weighted by Crippen LogP contribution is -2.26. The maximum Gasteiger partial charge on any atom is 0.345 e. The van der Waals surface area contributed by atoms with Gasteiger partial charge in [-0.2, -0.15) is 0 Å². The van der Waals surface area contributed by atoms with Crippen LogP contribution < -0.4 is 4.31 Å². The first-order valence-corrected chi connectivity index (χ1v) is 7.45. The molecule has 0 amide bonds. The number of hydrogen-bond donors (Lipinski definition) is 1. The third-order valence-electron chi connectivity index (χ3n) is 2.45. The van der Waals surface area contributed by atoms with Crippen molar-refractivity contribution >= 4 is 33.0 Å². The molecule has 0 spiro atoms. The van der Waals surface area contributed by atoms with Gasteiger partial charge >= 0.3 is 5.97 Å². The second-order valence-electron chi connectivity index (χ2n) is 3.64. The molecule has 0 fully saturated rings. The molecule has 0 saturated heterocycles. The number of hydrogen-bond acceptors (Lipinski definition) is 5. The minimum Gasteiger partial charge on any atom is -0.477 e. The predicted octanol–water partition coefficient (Wildman–Crippen LogP) is 1.67. The Morgan fingerprint density at radius 1 is 1.47 bits per heavy atom. The first-order valence-electron chi connectivity index (χ1n) is 5.13. The van der Waals surface area contributed by atoms with Gasteiger partial charge in [0.2, 0.25) is 0 Å². The quantitative estimate of drug-likeness (QED) is 0.927. The van der Waals surface area contributed by atoms with Gasteiger partial charge in [-0.1, -0.05) is 0 Å². The van der Waals surface area contributed by atoms with Crippen LogP contribution in [0, 0.1) is 0 Å². The normalized spacial score (nSPS) is 11.2. The van der Waals surface area contributed by atoms with Gasteiger partial charge in [0.1, 0.15) is 4.88 Å². The van der Waals surface area contributed by atoms with Gasteiger partial charge in [-0.25, -0.2) is 13.2 Å². The number of thiophene rings is 1. The molecule has 1 N–H and O–H groups in total. The molecule has 0 unspecified atom stereocenters. The first-order chi connectivity index (χ1) is 8.93. The molecular formula is C11H10N2O4S2. The molecule has 0 aliphatic carbocycles. The molecule has 2 rings (SSSR count). The summed E-state index contributed by atoms with van der Waals surface area (Å²) >= 11 is 0.876. The van der Waals surface area contributed by atoms with Crippen molar-refractivity contribution in [3.8, 4) is 0 Å². The maximum atomic E-state index is 12.3. The van der Waals surface area contributed by atoms with Crippen LogP contribution in [-0.4, -0.2) is 31.5 Å². The zero-order valence-corrected chi connectivity index (χ0v) is 11.5. The Hall–Kier alpha value is -1.93. The second-order valence-corrected chi connectivity index (χ2v) is 6.52. The fourth-order valence-corrected chi connectivity index (χ4v) is 3.68. The fraction of sp³-hybridized carbons (Fsp3) is 0.0909. The van der Waals surface area contributed by atoms with Gasteiger partial charge in [0, 0.05) is 18.6 Å². The number of nitrogens with zero attached hydrogens (tertiary/aromatic N) is 2. The third kappa shape index (κ3) is 2.59.